The van der Waals surface area contributed by atoms with Crippen LogP contribution in [0.5, 0.6) is 0 Å². The number of aliphatic carboxylic acids is 1. The number of anilines is 1. The number of aryl methyl sites for hydroxylation is 1. The number of carbonyl (C=O) groups is 3. The predicted octanol–water partition coefficient (Wildman–Crippen LogP) is 6.13. The zero-order chi connectivity index (χ0) is 34.9. The Labute approximate surface area is 276 Å². The summed E-state index contributed by atoms with van der Waals surface area (Å²) in [6.45, 7) is 1.83. The van der Waals surface area contributed by atoms with Crippen molar-refractivity contribution < 1.29 is 41.1 Å². The smallest absolute Gasteiger partial charge is 0.446 e. The summed E-state index contributed by atoms with van der Waals surface area (Å²) in [6, 6.07) is 20.2. The van der Waals surface area contributed by atoms with Crippen molar-refractivity contribution in [1.29, 1.82) is 5.41 Å². The van der Waals surface area contributed by atoms with Gasteiger partial charge in [-0.05, 0) is 54.1 Å². The number of alkyl halides is 3. The Kier molecular flexibility index (Phi) is 12.3. The van der Waals surface area contributed by atoms with Crippen LogP contribution in [0.3, 0.4) is 0 Å². The minimum absolute atomic E-state index is 0.0469. The van der Waals surface area contributed by atoms with Gasteiger partial charge in [0.1, 0.15) is 11.9 Å². The normalized spacial score (nSPS) is 11.9. The summed E-state index contributed by atoms with van der Waals surface area (Å²) in [5.41, 5.74) is 8.67. The molecule has 0 unspecified atom stereocenters. The topological polar surface area (TPSA) is 180 Å². The van der Waals surface area contributed by atoms with Gasteiger partial charge in [-0.2, -0.15) is 13.2 Å². The molecule has 0 fully saturated rings. The van der Waals surface area contributed by atoms with Crippen LogP contribution in [0, 0.1) is 12.3 Å². The van der Waals surface area contributed by atoms with Gasteiger partial charge in [0.2, 0.25) is 16.1 Å². The molecule has 0 radical (unpaired) electrons. The Balaban J connectivity index is 0.000000913. The number of benzene rings is 3. The van der Waals surface area contributed by atoms with Crippen LogP contribution in [-0.4, -0.2) is 56.1 Å². The van der Waals surface area contributed by atoms with E-state index >= 15 is 0 Å². The molecule has 4 rings (SSSR count). The van der Waals surface area contributed by atoms with Crippen molar-refractivity contribution in [2.24, 2.45) is 5.73 Å². The van der Waals surface area contributed by atoms with Gasteiger partial charge in [0, 0.05) is 12.0 Å². The number of urea groups is 1. The van der Waals surface area contributed by atoms with Crippen molar-refractivity contribution >= 4 is 62.7 Å². The van der Waals surface area contributed by atoms with E-state index in [1.165, 1.54) is 30.0 Å². The highest BCUT2D eigenvalue weighted by atomic mass is 32.2. The first-order chi connectivity index (χ1) is 22.1. The van der Waals surface area contributed by atoms with E-state index < -0.39 is 40.3 Å². The Morgan fingerprint density at radius 1 is 1.06 bits per heavy atom. The molecule has 10 nitrogen and oxygen atoms in total. The molecule has 3 aromatic carbocycles. The molecule has 1 atom stereocenters. The van der Waals surface area contributed by atoms with Crippen molar-refractivity contribution in [2.45, 2.75) is 39.6 Å². The highest BCUT2D eigenvalue weighted by molar-refractivity contribution is 8.01. The molecule has 248 valence electrons. The molecule has 0 saturated carbocycles. The van der Waals surface area contributed by atoms with Crippen LogP contribution < -0.4 is 16.4 Å². The zero-order valence-electron chi connectivity index (χ0n) is 24.8. The maximum absolute atomic E-state index is 13.7. The highest BCUT2D eigenvalue weighted by Crippen LogP contribution is 2.39. The van der Waals surface area contributed by atoms with Gasteiger partial charge in [0.15, 0.2) is 0 Å². The third kappa shape index (κ3) is 9.91. The highest BCUT2D eigenvalue weighted by Gasteiger charge is 2.27. The van der Waals surface area contributed by atoms with Crippen LogP contribution in [0.25, 0.3) is 11.1 Å². The summed E-state index contributed by atoms with van der Waals surface area (Å²) < 4.78 is 59.1. The van der Waals surface area contributed by atoms with E-state index in [0.29, 0.717) is 25.9 Å². The number of sulfone groups is 1. The van der Waals surface area contributed by atoms with E-state index in [1.54, 1.807) is 54.8 Å². The second-order valence-corrected chi connectivity index (χ2v) is 13.8. The molecule has 0 spiro atoms. The second-order valence-electron chi connectivity index (χ2n) is 9.75. The number of carboxylic acids is 1. The maximum Gasteiger partial charge on any atom is 0.446 e. The SMILES string of the molecule is CSc1sc(C(=N)N)cc1S(=O)(=O)c1cccc(-c2c(C)cccc2NC(=O)N[C@H](Cc2ccccc2)C(=O)O)c1.O=CC(F)(F)F. The van der Waals surface area contributed by atoms with E-state index in [4.69, 9.17) is 15.9 Å². The predicted molar refractivity (Wildman–Crippen MR) is 175 cm³/mol. The van der Waals surface area contributed by atoms with Crippen molar-refractivity contribution in [3.63, 3.8) is 0 Å². The fraction of sp³-hybridized carbons (Fsp3) is 0.161. The standard InChI is InChI=1S/C29H28N4O5S3.C2HF3O/c1-17-8-6-13-21(32-29(36)33-22(27(34)35)14-18-9-4-3-5-10-18)25(17)19-11-7-12-20(15-19)41(37,38)24-16-23(26(30)31)40-28(24)39-2;3-2(4,5)1-6/h3-13,15-16,22H,14H2,1-2H3,(H3,30,31)(H,34,35)(H2,32,33,36);1H/t22-;/m1./s1. The molecule has 1 aromatic heterocycles. The van der Waals surface area contributed by atoms with Crippen LogP contribution in [0.15, 0.2) is 92.9 Å². The molecular formula is C31H29F3N4O6S3. The molecule has 1 heterocycles. The van der Waals surface area contributed by atoms with E-state index in [-0.39, 0.29) is 22.0 Å². The Bertz CT molecular complexity index is 1880. The monoisotopic (exact) mass is 706 g/mol. The molecule has 0 bridgehead atoms. The molecule has 0 saturated heterocycles. The average Bonchev–Trinajstić information content (AvgIpc) is 3.48. The third-order valence-corrected chi connectivity index (χ3v) is 10.7. The summed E-state index contributed by atoms with van der Waals surface area (Å²) in [6.07, 6.45) is -3.83. The van der Waals surface area contributed by atoms with E-state index in [1.807, 2.05) is 19.1 Å². The number of thioether (sulfide) groups is 1. The lowest BCUT2D eigenvalue weighted by molar-refractivity contribution is -0.156. The van der Waals surface area contributed by atoms with Crippen LogP contribution in [0.1, 0.15) is 16.0 Å². The number of nitrogen functional groups attached to an aromatic ring is 1. The number of carboxylic acid groups (broad SMARTS) is 1. The maximum atomic E-state index is 13.7. The van der Waals surface area contributed by atoms with Crippen molar-refractivity contribution in [3.8, 4) is 11.1 Å². The average molecular weight is 707 g/mol. The molecule has 47 heavy (non-hydrogen) atoms. The van der Waals surface area contributed by atoms with Gasteiger partial charge >= 0.3 is 18.2 Å². The lowest BCUT2D eigenvalue weighted by atomic mass is 9.98. The number of hydrogen-bond acceptors (Lipinski definition) is 8. The quantitative estimate of drug-likeness (QED) is 0.0566. The van der Waals surface area contributed by atoms with Gasteiger partial charge in [-0.25, -0.2) is 18.0 Å². The van der Waals surface area contributed by atoms with Gasteiger partial charge in [0.05, 0.1) is 24.6 Å². The number of amides is 2. The third-order valence-electron chi connectivity index (χ3n) is 6.38. The largest absolute Gasteiger partial charge is 0.480 e. The molecule has 0 aliphatic rings. The van der Waals surface area contributed by atoms with Gasteiger partial charge in [0.25, 0.3) is 0 Å². The lowest BCUT2D eigenvalue weighted by Crippen LogP contribution is -2.44. The second kappa shape index (κ2) is 15.8. The molecule has 0 aliphatic heterocycles. The number of hydrogen-bond donors (Lipinski definition) is 5. The molecular weight excluding hydrogens is 678 g/mol. The Morgan fingerprint density at radius 3 is 2.28 bits per heavy atom. The number of carbonyl (C=O) groups excluding carboxylic acids is 2. The lowest BCUT2D eigenvalue weighted by Gasteiger charge is -2.18. The fourth-order valence-corrected chi connectivity index (χ4v) is 8.19. The van der Waals surface area contributed by atoms with Crippen LogP contribution in [0.4, 0.5) is 23.7 Å². The minimum Gasteiger partial charge on any atom is -0.480 e. The van der Waals surface area contributed by atoms with E-state index in [2.05, 4.69) is 10.6 Å². The van der Waals surface area contributed by atoms with Crippen LogP contribution in [-0.2, 0) is 25.8 Å². The van der Waals surface area contributed by atoms with E-state index in [9.17, 15) is 36.3 Å². The van der Waals surface area contributed by atoms with Gasteiger partial charge < -0.3 is 21.5 Å². The summed E-state index contributed by atoms with van der Waals surface area (Å²) in [5.74, 6) is -1.37. The molecule has 0 aliphatic carbocycles. The number of amidine groups is 1. The van der Waals surface area contributed by atoms with Gasteiger partial charge in [-0.1, -0.05) is 54.6 Å². The minimum atomic E-state index is -4.64. The van der Waals surface area contributed by atoms with E-state index in [0.717, 1.165) is 22.5 Å². The summed E-state index contributed by atoms with van der Waals surface area (Å²) in [4.78, 5) is 34.0. The number of nitrogens with one attached hydrogen (secondary N) is 3. The Hall–Kier alpha value is -4.67. The zero-order valence-corrected chi connectivity index (χ0v) is 27.2. The molecule has 6 N–H and O–H groups in total. The number of halogens is 3. The number of rotatable bonds is 10. The number of nitrogens with two attached hydrogens (primary N) is 1. The summed E-state index contributed by atoms with van der Waals surface area (Å²) in [5, 5.41) is 22.7. The first-order valence-electron chi connectivity index (χ1n) is 13.4. The first kappa shape index (κ1) is 36.8. The molecule has 16 heteroatoms. The molecule has 2 amide bonds. The Morgan fingerprint density at radius 2 is 1.70 bits per heavy atom. The van der Waals surface area contributed by atoms with Gasteiger partial charge in [-0.3, -0.25) is 10.2 Å². The number of aldehydes is 1. The van der Waals surface area contributed by atoms with Crippen molar-refractivity contribution in [3.05, 3.63) is 94.9 Å². The number of thiophene rings is 1. The fourth-order valence-electron chi connectivity index (χ4n) is 4.29. The summed E-state index contributed by atoms with van der Waals surface area (Å²) in [7, 11) is -3.96. The van der Waals surface area contributed by atoms with Crippen LogP contribution >= 0.6 is 23.1 Å². The van der Waals surface area contributed by atoms with Crippen molar-refractivity contribution in [1.82, 2.24) is 5.32 Å². The van der Waals surface area contributed by atoms with Crippen molar-refractivity contribution in [2.75, 3.05) is 11.6 Å². The van der Waals surface area contributed by atoms with Crippen LogP contribution in [0.2, 0.25) is 0 Å². The summed E-state index contributed by atoms with van der Waals surface area (Å²) >= 11 is 2.41. The van der Waals surface area contributed by atoms with Gasteiger partial charge in [-0.15, -0.1) is 23.1 Å². The first-order valence-corrected chi connectivity index (χ1v) is 16.9. The molecule has 4 aromatic rings.